The first-order chi connectivity index (χ1) is 13.2. The fourth-order valence-corrected chi connectivity index (χ4v) is 3.56. The number of hydrogen-bond donors (Lipinski definition) is 0. The summed E-state index contributed by atoms with van der Waals surface area (Å²) in [5, 5.41) is 6.34. The van der Waals surface area contributed by atoms with Crippen LogP contribution in [0.15, 0.2) is 75.8 Å². The number of ether oxygens (including phenoxy) is 1. The number of furan rings is 1. The second-order valence-electron chi connectivity index (χ2n) is 6.36. The minimum atomic E-state index is -0.141. The Hall–Kier alpha value is -3.05. The summed E-state index contributed by atoms with van der Waals surface area (Å²) in [6, 6.07) is 19.6. The van der Waals surface area contributed by atoms with E-state index in [1.54, 1.807) is 35.4 Å². The standard InChI is InChI=1S/C22H19NO3S/c1-23(13-16-10-11-27-15-16)22(24)21-9-8-20(26-21)14-25-19-7-6-17-4-2-3-5-18(17)12-19/h2-12,15H,13-14H2,1H3. The first kappa shape index (κ1) is 17.4. The minimum absolute atomic E-state index is 0.141. The molecule has 0 bridgehead atoms. The lowest BCUT2D eigenvalue weighted by Gasteiger charge is -2.14. The molecule has 2 heterocycles. The van der Waals surface area contributed by atoms with Crippen LogP contribution in [-0.2, 0) is 13.2 Å². The lowest BCUT2D eigenvalue weighted by atomic mass is 10.1. The van der Waals surface area contributed by atoms with Crippen molar-refractivity contribution in [2.45, 2.75) is 13.2 Å². The van der Waals surface area contributed by atoms with Gasteiger partial charge in [0.05, 0.1) is 0 Å². The molecular formula is C22H19NO3S. The summed E-state index contributed by atoms with van der Waals surface area (Å²) < 4.78 is 11.5. The summed E-state index contributed by atoms with van der Waals surface area (Å²) >= 11 is 1.62. The second-order valence-corrected chi connectivity index (χ2v) is 7.14. The Kier molecular flexibility index (Phi) is 4.94. The van der Waals surface area contributed by atoms with Crippen LogP contribution in [0.1, 0.15) is 21.9 Å². The zero-order valence-corrected chi connectivity index (χ0v) is 15.7. The van der Waals surface area contributed by atoms with Gasteiger partial charge in [-0.2, -0.15) is 11.3 Å². The van der Waals surface area contributed by atoms with Crippen molar-refractivity contribution in [1.29, 1.82) is 0 Å². The van der Waals surface area contributed by atoms with E-state index in [9.17, 15) is 4.79 Å². The number of nitrogens with zero attached hydrogens (tertiary/aromatic N) is 1. The number of fused-ring (bicyclic) bond motifs is 1. The molecule has 136 valence electrons. The maximum absolute atomic E-state index is 12.5. The molecule has 5 heteroatoms. The molecule has 0 spiro atoms. The molecule has 4 rings (SSSR count). The van der Waals surface area contributed by atoms with Crippen LogP contribution >= 0.6 is 11.3 Å². The van der Waals surface area contributed by atoms with Crippen molar-refractivity contribution in [3.8, 4) is 5.75 Å². The smallest absolute Gasteiger partial charge is 0.289 e. The highest BCUT2D eigenvalue weighted by molar-refractivity contribution is 7.07. The highest BCUT2D eigenvalue weighted by atomic mass is 32.1. The van der Waals surface area contributed by atoms with Crippen molar-refractivity contribution >= 4 is 28.0 Å². The van der Waals surface area contributed by atoms with Crippen molar-refractivity contribution in [3.63, 3.8) is 0 Å². The van der Waals surface area contributed by atoms with Crippen molar-refractivity contribution in [1.82, 2.24) is 4.90 Å². The summed E-state index contributed by atoms with van der Waals surface area (Å²) in [6.45, 7) is 0.839. The van der Waals surface area contributed by atoms with E-state index in [2.05, 4.69) is 12.1 Å². The maximum Gasteiger partial charge on any atom is 0.289 e. The molecule has 0 aliphatic carbocycles. The van der Waals surface area contributed by atoms with Gasteiger partial charge in [-0.25, -0.2) is 0 Å². The molecule has 0 aliphatic heterocycles. The first-order valence-electron chi connectivity index (χ1n) is 8.66. The Morgan fingerprint density at radius 2 is 1.93 bits per heavy atom. The minimum Gasteiger partial charge on any atom is -0.486 e. The lowest BCUT2D eigenvalue weighted by Crippen LogP contribution is -2.25. The molecule has 2 aromatic carbocycles. The highest BCUT2D eigenvalue weighted by Gasteiger charge is 2.16. The molecule has 0 radical (unpaired) electrons. The topological polar surface area (TPSA) is 42.7 Å². The summed E-state index contributed by atoms with van der Waals surface area (Å²) in [5.41, 5.74) is 1.11. The van der Waals surface area contributed by atoms with Gasteiger partial charge in [0.25, 0.3) is 5.91 Å². The third-order valence-electron chi connectivity index (χ3n) is 4.32. The van der Waals surface area contributed by atoms with Gasteiger partial charge in [0.2, 0.25) is 0 Å². The molecule has 0 aliphatic rings. The SMILES string of the molecule is CN(Cc1ccsc1)C(=O)c1ccc(COc2ccc3ccccc3c2)o1. The predicted octanol–water partition coefficient (Wildman–Crippen LogP) is 5.35. The Morgan fingerprint density at radius 3 is 2.74 bits per heavy atom. The van der Waals surface area contributed by atoms with E-state index in [1.807, 2.05) is 47.2 Å². The monoisotopic (exact) mass is 377 g/mol. The molecule has 4 nitrogen and oxygen atoms in total. The average Bonchev–Trinajstić information content (AvgIpc) is 3.37. The molecule has 0 saturated heterocycles. The summed E-state index contributed by atoms with van der Waals surface area (Å²) in [4.78, 5) is 14.1. The van der Waals surface area contributed by atoms with E-state index in [0.717, 1.165) is 16.7 Å². The second kappa shape index (κ2) is 7.68. The molecule has 4 aromatic rings. The van der Waals surface area contributed by atoms with E-state index in [0.29, 0.717) is 18.1 Å². The number of amides is 1. The maximum atomic E-state index is 12.5. The number of benzene rings is 2. The van der Waals surface area contributed by atoms with Gasteiger partial charge in [-0.15, -0.1) is 0 Å². The molecule has 0 fully saturated rings. The van der Waals surface area contributed by atoms with Gasteiger partial charge < -0.3 is 14.1 Å². The zero-order valence-electron chi connectivity index (χ0n) is 14.9. The van der Waals surface area contributed by atoms with Crippen molar-refractivity contribution in [2.24, 2.45) is 0 Å². The van der Waals surface area contributed by atoms with Gasteiger partial charge in [0.1, 0.15) is 18.1 Å². The average molecular weight is 377 g/mol. The van der Waals surface area contributed by atoms with Crippen molar-refractivity contribution < 1.29 is 13.9 Å². The summed E-state index contributed by atoms with van der Waals surface area (Å²) in [7, 11) is 1.77. The fourth-order valence-electron chi connectivity index (χ4n) is 2.90. The van der Waals surface area contributed by atoms with Crippen LogP contribution in [0, 0.1) is 0 Å². The Labute approximate surface area is 161 Å². The number of thiophene rings is 1. The van der Waals surface area contributed by atoms with E-state index in [1.165, 1.54) is 5.39 Å². The van der Waals surface area contributed by atoms with E-state index in [4.69, 9.17) is 9.15 Å². The molecule has 27 heavy (non-hydrogen) atoms. The Balaban J connectivity index is 1.39. The van der Waals surface area contributed by atoms with Gasteiger partial charge in [-0.3, -0.25) is 4.79 Å². The molecule has 0 saturated carbocycles. The van der Waals surface area contributed by atoms with Crippen LogP contribution in [0.3, 0.4) is 0 Å². The molecular weight excluding hydrogens is 358 g/mol. The first-order valence-corrected chi connectivity index (χ1v) is 9.60. The van der Waals surface area contributed by atoms with Crippen LogP contribution in [0.2, 0.25) is 0 Å². The van der Waals surface area contributed by atoms with Crippen molar-refractivity contribution in [3.05, 3.63) is 88.5 Å². The van der Waals surface area contributed by atoms with Crippen LogP contribution in [0.25, 0.3) is 10.8 Å². The van der Waals surface area contributed by atoms with E-state index in [-0.39, 0.29) is 12.5 Å². The van der Waals surface area contributed by atoms with Crippen molar-refractivity contribution in [2.75, 3.05) is 7.05 Å². The number of rotatable bonds is 6. The Bertz CT molecular complexity index is 1050. The molecule has 0 atom stereocenters. The summed E-state index contributed by atoms with van der Waals surface area (Å²) in [5.74, 6) is 1.57. The number of carbonyl (C=O) groups excluding carboxylic acids is 1. The van der Waals surface area contributed by atoms with E-state index < -0.39 is 0 Å². The van der Waals surface area contributed by atoms with Gasteiger partial charge in [-0.1, -0.05) is 30.3 Å². The van der Waals surface area contributed by atoms with Crippen LogP contribution < -0.4 is 4.74 Å². The zero-order chi connectivity index (χ0) is 18.6. The third-order valence-corrected chi connectivity index (χ3v) is 5.05. The summed E-state index contributed by atoms with van der Waals surface area (Å²) in [6.07, 6.45) is 0. The largest absolute Gasteiger partial charge is 0.486 e. The van der Waals surface area contributed by atoms with Crippen LogP contribution in [0.4, 0.5) is 0 Å². The lowest BCUT2D eigenvalue weighted by molar-refractivity contribution is 0.0749. The highest BCUT2D eigenvalue weighted by Crippen LogP contribution is 2.22. The van der Waals surface area contributed by atoms with Crippen LogP contribution in [0.5, 0.6) is 5.75 Å². The Morgan fingerprint density at radius 1 is 1.07 bits per heavy atom. The van der Waals surface area contributed by atoms with Crippen LogP contribution in [-0.4, -0.2) is 17.9 Å². The third kappa shape index (κ3) is 4.04. The van der Waals surface area contributed by atoms with E-state index >= 15 is 0 Å². The molecule has 0 N–H and O–H groups in total. The predicted molar refractivity (Wildman–Crippen MR) is 107 cm³/mol. The van der Waals surface area contributed by atoms with Gasteiger partial charge in [0, 0.05) is 13.6 Å². The quantitative estimate of drug-likeness (QED) is 0.455. The number of carbonyl (C=O) groups is 1. The number of hydrogen-bond acceptors (Lipinski definition) is 4. The molecule has 0 unspecified atom stereocenters. The van der Waals surface area contributed by atoms with Gasteiger partial charge in [-0.05, 0) is 57.4 Å². The fraction of sp³-hybridized carbons (Fsp3) is 0.136. The normalized spacial score (nSPS) is 10.9. The van der Waals surface area contributed by atoms with Gasteiger partial charge in [0.15, 0.2) is 5.76 Å². The molecule has 2 aromatic heterocycles. The van der Waals surface area contributed by atoms with Gasteiger partial charge >= 0.3 is 0 Å². The molecule has 1 amide bonds.